The lowest BCUT2D eigenvalue weighted by Crippen LogP contribution is -2.38. The Labute approximate surface area is 124 Å². The van der Waals surface area contributed by atoms with Crippen molar-refractivity contribution in [2.75, 3.05) is 47.1 Å². The highest BCUT2D eigenvalue weighted by Gasteiger charge is 2.20. The molecule has 0 saturated carbocycles. The van der Waals surface area contributed by atoms with E-state index in [0.29, 0.717) is 32.8 Å². The lowest BCUT2D eigenvalue weighted by molar-refractivity contribution is 0.0889. The van der Waals surface area contributed by atoms with E-state index in [0.717, 1.165) is 5.56 Å². The molecule has 1 rings (SSSR count). The van der Waals surface area contributed by atoms with Crippen molar-refractivity contribution in [3.63, 3.8) is 0 Å². The van der Waals surface area contributed by atoms with Crippen molar-refractivity contribution in [2.24, 2.45) is 5.73 Å². The summed E-state index contributed by atoms with van der Waals surface area (Å²) in [5.74, 6) is 0. The monoisotopic (exact) mass is 302 g/mol. The molecule has 6 heteroatoms. The molecule has 0 aliphatic rings. The molecule has 1 unspecified atom stereocenters. The average Bonchev–Trinajstić information content (AvgIpc) is 2.50. The first-order valence-corrected chi connectivity index (χ1v) is 6.94. The van der Waals surface area contributed by atoms with Crippen LogP contribution in [0.3, 0.4) is 0 Å². The molecule has 120 valence electrons. The summed E-state index contributed by atoms with van der Waals surface area (Å²) in [6.07, 6.45) is -2.48. The number of benzene rings is 1. The molecule has 1 atom stereocenters. The van der Waals surface area contributed by atoms with Crippen LogP contribution in [0.1, 0.15) is 23.6 Å². The van der Waals surface area contributed by atoms with Gasteiger partial charge >= 0.3 is 0 Å². The van der Waals surface area contributed by atoms with Crippen LogP contribution in [0, 0.1) is 0 Å². The number of ether oxygens (including phenoxy) is 2. The standard InChI is InChI=1S/C15H24F2N2O2/c1-20-8-6-19(7-9-21-2)14(11-18)12-4-3-5-13(10-12)15(16)17/h3-5,10,14-15H,6-9,11,18H2,1-2H3. The zero-order chi connectivity index (χ0) is 15.7. The van der Waals surface area contributed by atoms with Gasteiger partial charge in [0.25, 0.3) is 6.43 Å². The Kier molecular flexibility index (Phi) is 8.37. The van der Waals surface area contributed by atoms with Gasteiger partial charge in [0.1, 0.15) is 0 Å². The Hall–Kier alpha value is -1.08. The minimum Gasteiger partial charge on any atom is -0.383 e. The SMILES string of the molecule is COCCN(CCOC)C(CN)c1cccc(C(F)F)c1. The highest BCUT2D eigenvalue weighted by molar-refractivity contribution is 5.27. The molecular formula is C15H24F2N2O2. The van der Waals surface area contributed by atoms with E-state index in [9.17, 15) is 8.78 Å². The molecule has 0 aromatic heterocycles. The lowest BCUT2D eigenvalue weighted by Gasteiger charge is -2.31. The molecule has 2 N–H and O–H groups in total. The molecule has 1 aromatic rings. The molecule has 0 aliphatic carbocycles. The van der Waals surface area contributed by atoms with Crippen molar-refractivity contribution >= 4 is 0 Å². The quantitative estimate of drug-likeness (QED) is 0.720. The van der Waals surface area contributed by atoms with Crippen LogP contribution in [0.4, 0.5) is 8.78 Å². The topological polar surface area (TPSA) is 47.7 Å². The van der Waals surface area contributed by atoms with E-state index >= 15 is 0 Å². The summed E-state index contributed by atoms with van der Waals surface area (Å²) in [5.41, 5.74) is 6.68. The van der Waals surface area contributed by atoms with Crippen molar-refractivity contribution in [1.29, 1.82) is 0 Å². The maximum Gasteiger partial charge on any atom is 0.263 e. The molecule has 0 fully saturated rings. The minimum absolute atomic E-state index is 0.0179. The summed E-state index contributed by atoms with van der Waals surface area (Å²) in [5, 5.41) is 0. The number of nitrogens with zero attached hydrogens (tertiary/aromatic N) is 1. The van der Waals surface area contributed by atoms with Crippen LogP contribution in [-0.4, -0.2) is 52.0 Å². The number of hydrogen-bond donors (Lipinski definition) is 1. The Morgan fingerprint density at radius 1 is 1.10 bits per heavy atom. The van der Waals surface area contributed by atoms with Crippen molar-refractivity contribution in [1.82, 2.24) is 4.90 Å². The van der Waals surface area contributed by atoms with Crippen molar-refractivity contribution in [3.05, 3.63) is 35.4 Å². The largest absolute Gasteiger partial charge is 0.383 e. The molecule has 0 saturated heterocycles. The molecular weight excluding hydrogens is 278 g/mol. The number of nitrogens with two attached hydrogens (primary N) is 1. The van der Waals surface area contributed by atoms with E-state index in [1.54, 1.807) is 20.3 Å². The van der Waals surface area contributed by atoms with Gasteiger partial charge in [-0.3, -0.25) is 4.90 Å². The van der Waals surface area contributed by atoms with Crippen LogP contribution in [0.5, 0.6) is 0 Å². The molecule has 1 aromatic carbocycles. The van der Waals surface area contributed by atoms with E-state index in [2.05, 4.69) is 4.90 Å². The summed E-state index contributed by atoms with van der Waals surface area (Å²) in [6.45, 7) is 2.78. The maximum absolute atomic E-state index is 12.8. The molecule has 0 amide bonds. The van der Waals surface area contributed by atoms with Crippen LogP contribution >= 0.6 is 0 Å². The third kappa shape index (κ3) is 5.67. The molecule has 0 heterocycles. The Morgan fingerprint density at radius 2 is 1.67 bits per heavy atom. The van der Waals surface area contributed by atoms with Crippen molar-refractivity contribution in [2.45, 2.75) is 12.5 Å². The third-order valence-electron chi connectivity index (χ3n) is 3.38. The fourth-order valence-corrected chi connectivity index (χ4v) is 2.24. The van der Waals surface area contributed by atoms with Gasteiger partial charge < -0.3 is 15.2 Å². The Balaban J connectivity index is 2.91. The number of hydrogen-bond acceptors (Lipinski definition) is 4. The highest BCUT2D eigenvalue weighted by Crippen LogP contribution is 2.25. The number of alkyl halides is 2. The molecule has 4 nitrogen and oxygen atoms in total. The second-order valence-corrected chi connectivity index (χ2v) is 4.74. The van der Waals surface area contributed by atoms with Crippen LogP contribution in [0.15, 0.2) is 24.3 Å². The van der Waals surface area contributed by atoms with E-state index in [-0.39, 0.29) is 11.6 Å². The Bertz CT molecular complexity index is 397. The zero-order valence-corrected chi connectivity index (χ0v) is 12.6. The number of halogens is 2. The smallest absolute Gasteiger partial charge is 0.263 e. The summed E-state index contributed by atoms with van der Waals surface area (Å²) in [4.78, 5) is 2.09. The van der Waals surface area contributed by atoms with Crippen LogP contribution in [-0.2, 0) is 9.47 Å². The fraction of sp³-hybridized carbons (Fsp3) is 0.600. The Morgan fingerprint density at radius 3 is 2.14 bits per heavy atom. The lowest BCUT2D eigenvalue weighted by atomic mass is 10.0. The van der Waals surface area contributed by atoms with Gasteiger partial charge in [0.2, 0.25) is 0 Å². The van der Waals surface area contributed by atoms with Gasteiger partial charge in [-0.2, -0.15) is 0 Å². The van der Waals surface area contributed by atoms with Crippen molar-refractivity contribution < 1.29 is 18.3 Å². The summed E-state index contributed by atoms with van der Waals surface area (Å²) < 4.78 is 35.9. The molecule has 0 aliphatic heterocycles. The van der Waals surface area contributed by atoms with E-state index in [1.165, 1.54) is 12.1 Å². The summed E-state index contributed by atoms with van der Waals surface area (Å²) >= 11 is 0. The molecule has 0 bridgehead atoms. The first-order valence-electron chi connectivity index (χ1n) is 6.94. The highest BCUT2D eigenvalue weighted by atomic mass is 19.3. The first-order chi connectivity index (χ1) is 10.1. The predicted octanol–water partition coefficient (Wildman–Crippen LogP) is 2.22. The van der Waals surface area contributed by atoms with Crippen LogP contribution in [0.2, 0.25) is 0 Å². The second-order valence-electron chi connectivity index (χ2n) is 4.74. The molecule has 21 heavy (non-hydrogen) atoms. The number of rotatable bonds is 10. The second kappa shape index (κ2) is 9.78. The van der Waals surface area contributed by atoms with E-state index < -0.39 is 6.43 Å². The van der Waals surface area contributed by atoms with Gasteiger partial charge in [-0.05, 0) is 11.6 Å². The fourth-order valence-electron chi connectivity index (χ4n) is 2.24. The van der Waals surface area contributed by atoms with Crippen molar-refractivity contribution in [3.8, 4) is 0 Å². The third-order valence-corrected chi connectivity index (χ3v) is 3.38. The van der Waals surface area contributed by atoms with Crippen LogP contribution in [0.25, 0.3) is 0 Å². The summed E-state index contributed by atoms with van der Waals surface area (Å²) in [6, 6.07) is 6.29. The minimum atomic E-state index is -2.48. The zero-order valence-electron chi connectivity index (χ0n) is 12.6. The predicted molar refractivity (Wildman–Crippen MR) is 78.5 cm³/mol. The average molecular weight is 302 g/mol. The maximum atomic E-state index is 12.8. The van der Waals surface area contributed by atoms with Crippen LogP contribution < -0.4 is 5.73 Å². The first kappa shape index (κ1) is 18.0. The van der Waals surface area contributed by atoms with Gasteiger partial charge in [-0.15, -0.1) is 0 Å². The van der Waals surface area contributed by atoms with Gasteiger partial charge in [-0.25, -0.2) is 8.78 Å². The van der Waals surface area contributed by atoms with Gasteiger partial charge in [0.05, 0.1) is 13.2 Å². The normalized spacial score (nSPS) is 13.1. The molecule has 0 spiro atoms. The van der Waals surface area contributed by atoms with E-state index in [4.69, 9.17) is 15.2 Å². The van der Waals surface area contributed by atoms with Gasteiger partial charge in [-0.1, -0.05) is 18.2 Å². The van der Waals surface area contributed by atoms with Gasteiger partial charge in [0.15, 0.2) is 0 Å². The van der Waals surface area contributed by atoms with E-state index in [1.807, 2.05) is 6.07 Å². The number of methoxy groups -OCH3 is 2. The summed E-state index contributed by atoms with van der Waals surface area (Å²) in [7, 11) is 3.26. The molecule has 0 radical (unpaired) electrons. The van der Waals surface area contributed by atoms with Gasteiger partial charge in [0, 0.05) is 45.5 Å².